The molecule has 0 saturated heterocycles. The summed E-state index contributed by atoms with van der Waals surface area (Å²) < 4.78 is 5.31. The minimum Gasteiger partial charge on any atom is -0.480 e. The number of rotatable bonds is 3. The molecule has 1 aliphatic carbocycles. The molecule has 0 unspecified atom stereocenters. The first-order chi connectivity index (χ1) is 11.2. The quantitative estimate of drug-likeness (QED) is 0.668. The average molecular weight is 312 g/mol. The van der Waals surface area contributed by atoms with E-state index < -0.39 is 11.1 Å². The topological polar surface area (TPSA) is 127 Å². The Balaban J connectivity index is 1.97. The Morgan fingerprint density at radius 1 is 1.13 bits per heavy atom. The van der Waals surface area contributed by atoms with Gasteiger partial charge in [0.1, 0.15) is 17.4 Å². The van der Waals surface area contributed by atoms with Crippen molar-refractivity contribution in [1.82, 2.24) is 29.9 Å². The number of methoxy groups -OCH3 is 1. The summed E-state index contributed by atoms with van der Waals surface area (Å²) in [6, 6.07) is 0. The van der Waals surface area contributed by atoms with Gasteiger partial charge in [-0.05, 0) is 12.8 Å². The highest BCUT2D eigenvalue weighted by atomic mass is 16.5. The van der Waals surface area contributed by atoms with Crippen LogP contribution in [0.15, 0.2) is 22.1 Å². The molecule has 9 heteroatoms. The molecule has 0 aliphatic heterocycles. The van der Waals surface area contributed by atoms with Crippen molar-refractivity contribution in [3.05, 3.63) is 38.9 Å². The van der Waals surface area contributed by atoms with Crippen molar-refractivity contribution in [2.75, 3.05) is 7.11 Å². The molecule has 1 saturated carbocycles. The number of aromatic nitrogens is 6. The normalized spacial score (nSPS) is 14.1. The van der Waals surface area contributed by atoms with Crippen LogP contribution in [0.3, 0.4) is 0 Å². The molecule has 2 N–H and O–H groups in total. The number of ether oxygens (including phenoxy) is 1. The van der Waals surface area contributed by atoms with Crippen LogP contribution in [0.4, 0.5) is 0 Å². The maximum absolute atomic E-state index is 11.5. The summed E-state index contributed by atoms with van der Waals surface area (Å²) in [5.41, 5.74) is 0.540. The highest BCUT2D eigenvalue weighted by Gasteiger charge is 2.31. The van der Waals surface area contributed by atoms with Gasteiger partial charge in [0.05, 0.1) is 19.0 Å². The van der Waals surface area contributed by atoms with Crippen molar-refractivity contribution >= 4 is 11.2 Å². The summed E-state index contributed by atoms with van der Waals surface area (Å²) in [6.45, 7) is 0. The molecule has 3 aromatic rings. The third-order valence-electron chi connectivity index (χ3n) is 3.70. The number of hydrogen-bond donors (Lipinski definition) is 2. The highest BCUT2D eigenvalue weighted by molar-refractivity contribution is 5.73. The van der Waals surface area contributed by atoms with Crippen LogP contribution in [0.1, 0.15) is 24.5 Å². The van der Waals surface area contributed by atoms with Crippen molar-refractivity contribution in [2.45, 2.75) is 18.8 Å². The summed E-state index contributed by atoms with van der Waals surface area (Å²) >= 11 is 0. The Bertz CT molecular complexity index is 1020. The molecule has 116 valence electrons. The summed E-state index contributed by atoms with van der Waals surface area (Å²) in [7, 11) is 1.52. The molecule has 0 aromatic carbocycles. The second-order valence-corrected chi connectivity index (χ2v) is 5.28. The largest absolute Gasteiger partial charge is 0.480 e. The van der Waals surface area contributed by atoms with E-state index in [2.05, 4.69) is 29.9 Å². The number of aromatic amines is 2. The molecular weight excluding hydrogens is 300 g/mol. The molecule has 1 aliphatic rings. The minimum absolute atomic E-state index is 0.243. The molecule has 0 bridgehead atoms. The monoisotopic (exact) mass is 312 g/mol. The van der Waals surface area contributed by atoms with E-state index in [1.807, 2.05) is 0 Å². The smallest absolute Gasteiger partial charge is 0.315 e. The molecule has 9 nitrogen and oxygen atoms in total. The zero-order valence-electron chi connectivity index (χ0n) is 12.2. The maximum atomic E-state index is 11.5. The lowest BCUT2D eigenvalue weighted by Crippen LogP contribution is -2.29. The number of H-pyrrole nitrogens is 2. The van der Waals surface area contributed by atoms with Crippen LogP contribution in [0.2, 0.25) is 0 Å². The van der Waals surface area contributed by atoms with E-state index in [0.717, 1.165) is 18.5 Å². The Kier molecular flexibility index (Phi) is 2.93. The van der Waals surface area contributed by atoms with Crippen LogP contribution >= 0.6 is 0 Å². The van der Waals surface area contributed by atoms with Gasteiger partial charge >= 0.3 is 11.1 Å². The molecular formula is C14H12N6O3. The van der Waals surface area contributed by atoms with Crippen LogP contribution in [-0.4, -0.2) is 37.0 Å². The number of fused-ring (bicyclic) bond motifs is 1. The van der Waals surface area contributed by atoms with Gasteiger partial charge in [-0.2, -0.15) is 0 Å². The first-order valence-electron chi connectivity index (χ1n) is 7.06. The van der Waals surface area contributed by atoms with E-state index in [4.69, 9.17) is 4.74 Å². The first kappa shape index (κ1) is 13.6. The molecule has 0 amide bonds. The van der Waals surface area contributed by atoms with Gasteiger partial charge in [0.25, 0.3) is 0 Å². The predicted molar refractivity (Wildman–Crippen MR) is 80.3 cm³/mol. The zero-order valence-corrected chi connectivity index (χ0v) is 12.2. The van der Waals surface area contributed by atoms with Gasteiger partial charge in [0.15, 0.2) is 11.5 Å². The molecule has 1 fully saturated rings. The first-order valence-corrected chi connectivity index (χ1v) is 7.06. The fourth-order valence-electron chi connectivity index (χ4n) is 2.45. The van der Waals surface area contributed by atoms with E-state index >= 15 is 0 Å². The fraction of sp³-hybridized carbons (Fsp3) is 0.286. The maximum Gasteiger partial charge on any atom is 0.315 e. The molecule has 3 aromatic heterocycles. The van der Waals surface area contributed by atoms with Crippen molar-refractivity contribution < 1.29 is 4.74 Å². The van der Waals surface area contributed by atoms with E-state index in [1.54, 1.807) is 0 Å². The summed E-state index contributed by atoms with van der Waals surface area (Å²) in [4.78, 5) is 44.7. The van der Waals surface area contributed by atoms with E-state index in [9.17, 15) is 9.59 Å². The van der Waals surface area contributed by atoms with Crippen LogP contribution in [0, 0.1) is 0 Å². The highest BCUT2D eigenvalue weighted by Crippen LogP contribution is 2.44. The summed E-state index contributed by atoms with van der Waals surface area (Å²) in [5, 5.41) is 0. The number of nitrogens with one attached hydrogen (secondary N) is 2. The van der Waals surface area contributed by atoms with Crippen molar-refractivity contribution in [3.8, 4) is 17.3 Å². The third kappa shape index (κ3) is 2.26. The minimum atomic E-state index is -0.763. The van der Waals surface area contributed by atoms with Crippen molar-refractivity contribution in [2.24, 2.45) is 0 Å². The predicted octanol–water partition coefficient (Wildman–Crippen LogP) is 0.349. The second-order valence-electron chi connectivity index (χ2n) is 5.28. The van der Waals surface area contributed by atoms with E-state index in [1.165, 1.54) is 19.6 Å². The van der Waals surface area contributed by atoms with Gasteiger partial charge < -0.3 is 14.7 Å². The van der Waals surface area contributed by atoms with Crippen LogP contribution in [0.25, 0.3) is 22.6 Å². The molecule has 0 atom stereocenters. The van der Waals surface area contributed by atoms with Gasteiger partial charge in [-0.25, -0.2) is 19.9 Å². The van der Waals surface area contributed by atoms with Gasteiger partial charge in [-0.3, -0.25) is 9.59 Å². The summed E-state index contributed by atoms with van der Waals surface area (Å²) in [6.07, 6.45) is 4.99. The SMILES string of the molecule is COc1ncnc(C2CC2)c1-c1ncc2[nH]c(=O)c(=O)[nH]c2n1. The van der Waals surface area contributed by atoms with Crippen LogP contribution in [0.5, 0.6) is 5.88 Å². The summed E-state index contributed by atoms with van der Waals surface area (Å²) in [5.74, 6) is 1.07. The zero-order chi connectivity index (χ0) is 16.0. The Morgan fingerprint density at radius 3 is 2.65 bits per heavy atom. The lowest BCUT2D eigenvalue weighted by molar-refractivity contribution is 0.397. The fourth-order valence-corrected chi connectivity index (χ4v) is 2.45. The van der Waals surface area contributed by atoms with Gasteiger partial charge in [-0.15, -0.1) is 0 Å². The van der Waals surface area contributed by atoms with Gasteiger partial charge in [0, 0.05) is 5.92 Å². The lowest BCUT2D eigenvalue weighted by atomic mass is 10.1. The number of nitrogens with zero attached hydrogens (tertiary/aromatic N) is 4. The molecule has 0 radical (unpaired) electrons. The van der Waals surface area contributed by atoms with Crippen LogP contribution in [-0.2, 0) is 0 Å². The Labute approximate surface area is 128 Å². The van der Waals surface area contributed by atoms with Gasteiger partial charge in [-0.1, -0.05) is 0 Å². The van der Waals surface area contributed by atoms with Crippen LogP contribution < -0.4 is 15.9 Å². The Morgan fingerprint density at radius 2 is 1.91 bits per heavy atom. The third-order valence-corrected chi connectivity index (χ3v) is 3.70. The molecule has 23 heavy (non-hydrogen) atoms. The Hall–Kier alpha value is -3.10. The van der Waals surface area contributed by atoms with E-state index in [0.29, 0.717) is 28.7 Å². The van der Waals surface area contributed by atoms with E-state index in [-0.39, 0.29) is 5.65 Å². The number of hydrogen-bond acceptors (Lipinski definition) is 7. The molecule has 4 rings (SSSR count). The van der Waals surface area contributed by atoms with Gasteiger partial charge in [0.2, 0.25) is 5.88 Å². The van der Waals surface area contributed by atoms with Crippen molar-refractivity contribution in [1.29, 1.82) is 0 Å². The standard InChI is InChI=1S/C14H12N6O3/c1-23-14-8(9(6-2-3-6)16-5-17-14)11-15-4-7-10(19-11)20-13(22)12(21)18-7/h4-6H,2-3H2,1H3,(H,18,21)(H,15,19,20,22). The molecule has 0 spiro atoms. The molecule has 3 heterocycles. The second kappa shape index (κ2) is 4.97. The lowest BCUT2D eigenvalue weighted by Gasteiger charge is -2.10. The van der Waals surface area contributed by atoms with Crippen molar-refractivity contribution in [3.63, 3.8) is 0 Å². The average Bonchev–Trinajstić information content (AvgIpc) is 3.39.